The van der Waals surface area contributed by atoms with Crippen molar-refractivity contribution in [1.82, 2.24) is 4.90 Å². The van der Waals surface area contributed by atoms with Crippen molar-refractivity contribution < 1.29 is 5.11 Å². The van der Waals surface area contributed by atoms with E-state index in [0.717, 1.165) is 18.4 Å². The quantitative estimate of drug-likeness (QED) is 0.758. The lowest BCUT2D eigenvalue weighted by Gasteiger charge is -2.37. The topological polar surface area (TPSA) is 23.5 Å². The average molecular weight is 237 g/mol. The van der Waals surface area contributed by atoms with Gasteiger partial charge >= 0.3 is 0 Å². The first-order chi connectivity index (χ1) is 8.36. The first-order valence-electron chi connectivity index (χ1n) is 7.80. The van der Waals surface area contributed by atoms with Crippen LogP contribution in [-0.4, -0.2) is 34.7 Å². The molecule has 3 rings (SSSR count). The summed E-state index contributed by atoms with van der Waals surface area (Å²) < 4.78 is 0. The molecule has 4 atom stereocenters. The van der Waals surface area contributed by atoms with Crippen LogP contribution >= 0.6 is 0 Å². The second-order valence-corrected chi connectivity index (χ2v) is 6.41. The summed E-state index contributed by atoms with van der Waals surface area (Å²) in [5, 5.41) is 10.4. The predicted octanol–water partition coefficient (Wildman–Crippen LogP) is 2.94. The zero-order chi connectivity index (χ0) is 11.7. The van der Waals surface area contributed by atoms with Gasteiger partial charge < -0.3 is 5.11 Å². The largest absolute Gasteiger partial charge is 0.391 e. The molecule has 0 aromatic rings. The zero-order valence-corrected chi connectivity index (χ0v) is 11.0. The van der Waals surface area contributed by atoms with Crippen molar-refractivity contribution in [2.75, 3.05) is 6.54 Å². The highest BCUT2D eigenvalue weighted by Crippen LogP contribution is 2.40. The molecule has 0 amide bonds. The second-order valence-electron chi connectivity index (χ2n) is 6.41. The van der Waals surface area contributed by atoms with Crippen LogP contribution in [0.3, 0.4) is 0 Å². The Morgan fingerprint density at radius 1 is 0.706 bits per heavy atom. The van der Waals surface area contributed by atoms with Crippen molar-refractivity contribution in [1.29, 1.82) is 0 Å². The Labute approximate surface area is 105 Å². The molecule has 1 aliphatic heterocycles. The fourth-order valence-corrected chi connectivity index (χ4v) is 4.52. The summed E-state index contributed by atoms with van der Waals surface area (Å²) in [7, 11) is 0. The van der Waals surface area contributed by atoms with E-state index in [-0.39, 0.29) is 6.10 Å². The van der Waals surface area contributed by atoms with E-state index >= 15 is 0 Å². The zero-order valence-electron chi connectivity index (χ0n) is 11.0. The molecule has 2 saturated carbocycles. The Kier molecular flexibility index (Phi) is 3.72. The smallest absolute Gasteiger partial charge is 0.0695 e. The summed E-state index contributed by atoms with van der Waals surface area (Å²) >= 11 is 0. The summed E-state index contributed by atoms with van der Waals surface area (Å²) in [4.78, 5) is 2.70. The van der Waals surface area contributed by atoms with Crippen LogP contribution in [0.5, 0.6) is 0 Å². The fraction of sp³-hybridized carbons (Fsp3) is 1.00. The van der Waals surface area contributed by atoms with E-state index in [2.05, 4.69) is 4.90 Å². The van der Waals surface area contributed by atoms with Gasteiger partial charge in [-0.05, 0) is 44.6 Å². The number of rotatable bonds is 1. The lowest BCUT2D eigenvalue weighted by Crippen LogP contribution is -2.46. The lowest BCUT2D eigenvalue weighted by atomic mass is 9.92. The normalized spacial score (nSPS) is 44.3. The third-order valence-electron chi connectivity index (χ3n) is 5.42. The summed E-state index contributed by atoms with van der Waals surface area (Å²) in [6.45, 7) is 1.26. The molecule has 0 bridgehead atoms. The van der Waals surface area contributed by atoms with Crippen LogP contribution in [0.4, 0.5) is 0 Å². The molecule has 1 heterocycles. The lowest BCUT2D eigenvalue weighted by molar-refractivity contribution is 0.0226. The Morgan fingerprint density at radius 2 is 1.47 bits per heavy atom. The summed E-state index contributed by atoms with van der Waals surface area (Å²) in [6, 6.07) is 1.32. The highest BCUT2D eigenvalue weighted by molar-refractivity contribution is 4.96. The molecule has 0 unspecified atom stereocenters. The number of nitrogens with zero attached hydrogens (tertiary/aromatic N) is 1. The highest BCUT2D eigenvalue weighted by Gasteiger charge is 2.42. The van der Waals surface area contributed by atoms with Crippen molar-refractivity contribution in [2.45, 2.75) is 82.4 Å². The van der Waals surface area contributed by atoms with E-state index in [1.54, 1.807) is 0 Å². The highest BCUT2D eigenvalue weighted by atomic mass is 16.3. The van der Waals surface area contributed by atoms with E-state index in [1.165, 1.54) is 64.3 Å². The van der Waals surface area contributed by atoms with Gasteiger partial charge in [0.25, 0.3) is 0 Å². The molecule has 3 aliphatic rings. The molecule has 17 heavy (non-hydrogen) atoms. The van der Waals surface area contributed by atoms with Crippen molar-refractivity contribution >= 4 is 0 Å². The van der Waals surface area contributed by atoms with Gasteiger partial charge in [-0.1, -0.05) is 32.1 Å². The van der Waals surface area contributed by atoms with Gasteiger partial charge in [-0.15, -0.1) is 0 Å². The maximum absolute atomic E-state index is 10.4. The third kappa shape index (κ3) is 2.39. The number of aliphatic hydroxyl groups is 1. The molecule has 3 fully saturated rings. The SMILES string of the molecule is O[C@@H]1CCCCCC[C@H]1N1CC[C@H]2CCC[C@H]21. The van der Waals surface area contributed by atoms with Crippen LogP contribution < -0.4 is 0 Å². The monoisotopic (exact) mass is 237 g/mol. The molecule has 0 radical (unpaired) electrons. The number of hydrogen-bond acceptors (Lipinski definition) is 2. The predicted molar refractivity (Wildman–Crippen MR) is 69.9 cm³/mol. The molecular formula is C15H27NO. The minimum atomic E-state index is -0.0466. The third-order valence-corrected chi connectivity index (χ3v) is 5.42. The first kappa shape index (κ1) is 12.0. The van der Waals surface area contributed by atoms with Gasteiger partial charge in [0.1, 0.15) is 0 Å². The first-order valence-corrected chi connectivity index (χ1v) is 7.80. The number of aliphatic hydroxyl groups excluding tert-OH is 1. The van der Waals surface area contributed by atoms with E-state index in [4.69, 9.17) is 0 Å². The molecule has 0 aromatic heterocycles. The van der Waals surface area contributed by atoms with Crippen molar-refractivity contribution in [3.05, 3.63) is 0 Å². The van der Waals surface area contributed by atoms with Gasteiger partial charge in [-0.2, -0.15) is 0 Å². The molecule has 98 valence electrons. The summed E-state index contributed by atoms with van der Waals surface area (Å²) in [6.07, 6.45) is 13.2. The average Bonchev–Trinajstić information content (AvgIpc) is 2.87. The Balaban J connectivity index is 1.68. The number of hydrogen-bond donors (Lipinski definition) is 1. The van der Waals surface area contributed by atoms with E-state index in [1.807, 2.05) is 0 Å². The Hall–Kier alpha value is -0.0800. The number of likely N-dealkylation sites (tertiary alicyclic amines) is 1. The van der Waals surface area contributed by atoms with Crippen LogP contribution in [-0.2, 0) is 0 Å². The van der Waals surface area contributed by atoms with Gasteiger partial charge in [-0.3, -0.25) is 4.90 Å². The standard InChI is InChI=1S/C15H27NO/c17-15-9-4-2-1-3-7-14(15)16-11-10-12-6-5-8-13(12)16/h12-15,17H,1-11H2/t12-,13-,14-,15-/m1/s1. The van der Waals surface area contributed by atoms with Crippen LogP contribution in [0.1, 0.15) is 64.2 Å². The molecule has 0 aromatic carbocycles. The van der Waals surface area contributed by atoms with Crippen molar-refractivity contribution in [2.24, 2.45) is 5.92 Å². The van der Waals surface area contributed by atoms with Gasteiger partial charge in [-0.25, -0.2) is 0 Å². The molecule has 1 N–H and O–H groups in total. The van der Waals surface area contributed by atoms with Crippen molar-refractivity contribution in [3.8, 4) is 0 Å². The molecular weight excluding hydrogens is 210 g/mol. The van der Waals surface area contributed by atoms with Crippen LogP contribution in [0.25, 0.3) is 0 Å². The van der Waals surface area contributed by atoms with Gasteiger partial charge in [0.2, 0.25) is 0 Å². The minimum absolute atomic E-state index is 0.0466. The Bertz CT molecular complexity index is 255. The van der Waals surface area contributed by atoms with Gasteiger partial charge in [0.05, 0.1) is 6.10 Å². The summed E-state index contributed by atoms with van der Waals surface area (Å²) in [5.41, 5.74) is 0. The molecule has 1 saturated heterocycles. The number of fused-ring (bicyclic) bond motifs is 1. The maximum Gasteiger partial charge on any atom is 0.0695 e. The van der Waals surface area contributed by atoms with Crippen LogP contribution in [0.15, 0.2) is 0 Å². The van der Waals surface area contributed by atoms with Gasteiger partial charge in [0.15, 0.2) is 0 Å². The van der Waals surface area contributed by atoms with E-state index in [0.29, 0.717) is 6.04 Å². The Morgan fingerprint density at radius 3 is 2.35 bits per heavy atom. The van der Waals surface area contributed by atoms with Crippen LogP contribution in [0, 0.1) is 5.92 Å². The van der Waals surface area contributed by atoms with E-state index in [9.17, 15) is 5.11 Å². The van der Waals surface area contributed by atoms with E-state index < -0.39 is 0 Å². The van der Waals surface area contributed by atoms with Gasteiger partial charge in [0, 0.05) is 12.1 Å². The van der Waals surface area contributed by atoms with Crippen LogP contribution in [0.2, 0.25) is 0 Å². The molecule has 2 nitrogen and oxygen atoms in total. The maximum atomic E-state index is 10.4. The molecule has 0 spiro atoms. The second kappa shape index (κ2) is 5.27. The van der Waals surface area contributed by atoms with Crippen molar-refractivity contribution in [3.63, 3.8) is 0 Å². The molecule has 2 heteroatoms. The minimum Gasteiger partial charge on any atom is -0.391 e. The summed E-state index contributed by atoms with van der Waals surface area (Å²) in [5.74, 6) is 0.965. The molecule has 2 aliphatic carbocycles. The fourth-order valence-electron chi connectivity index (χ4n) is 4.52.